The number of aliphatic hydroxyl groups is 1. The number of nitrogens with one attached hydrogen (secondary N) is 1. The monoisotopic (exact) mass is 305 g/mol. The quantitative estimate of drug-likeness (QED) is 0.821. The number of rotatable bonds is 2. The summed E-state index contributed by atoms with van der Waals surface area (Å²) in [5, 5.41) is 13.5. The lowest BCUT2D eigenvalue weighted by Crippen LogP contribution is -2.61. The first-order valence-corrected chi connectivity index (χ1v) is 9.31. The van der Waals surface area contributed by atoms with Crippen molar-refractivity contribution in [2.75, 3.05) is 0 Å². The van der Waals surface area contributed by atoms with Gasteiger partial charge in [0.1, 0.15) is 0 Å². The van der Waals surface area contributed by atoms with Crippen molar-refractivity contribution >= 4 is 5.91 Å². The number of hydrogen-bond donors (Lipinski definition) is 2. The maximum Gasteiger partial charge on any atom is 0.226 e. The Labute approximate surface area is 134 Å². The van der Waals surface area contributed by atoms with Gasteiger partial charge in [-0.25, -0.2) is 0 Å². The standard InChI is InChI=1S/C19H31NO2/c1-17-7-13-8-18(2,10-17)12-19(9-13,11-17)16(22)20-14-5-3-4-6-15(14)21/h13-15,21H,3-12H2,1-2H3,(H,20,22)/t13?,14-,15-,17+,18+,19?/m0/s1. The molecule has 3 nitrogen and oxygen atoms in total. The molecule has 124 valence electrons. The third-order valence-electron chi connectivity index (χ3n) is 7.15. The van der Waals surface area contributed by atoms with Crippen LogP contribution in [0.25, 0.3) is 0 Å². The average molecular weight is 305 g/mol. The van der Waals surface area contributed by atoms with Gasteiger partial charge >= 0.3 is 0 Å². The largest absolute Gasteiger partial charge is 0.391 e. The first-order valence-electron chi connectivity index (χ1n) is 9.31. The maximum atomic E-state index is 13.2. The molecule has 0 aromatic heterocycles. The van der Waals surface area contributed by atoms with Gasteiger partial charge in [-0.3, -0.25) is 4.79 Å². The Morgan fingerprint density at radius 1 is 1.00 bits per heavy atom. The number of carbonyl (C=O) groups excluding carboxylic acids is 1. The predicted molar refractivity (Wildman–Crippen MR) is 86.2 cm³/mol. The van der Waals surface area contributed by atoms with Gasteiger partial charge < -0.3 is 10.4 Å². The summed E-state index contributed by atoms with van der Waals surface area (Å²) in [6, 6.07) is -0.00475. The van der Waals surface area contributed by atoms with Crippen LogP contribution in [0.3, 0.4) is 0 Å². The highest BCUT2D eigenvalue weighted by atomic mass is 16.3. The van der Waals surface area contributed by atoms with Gasteiger partial charge in [0.25, 0.3) is 0 Å². The molecular formula is C19H31NO2. The summed E-state index contributed by atoms with van der Waals surface area (Å²) in [5.41, 5.74) is 0.605. The molecule has 5 rings (SSSR count). The van der Waals surface area contributed by atoms with Crippen LogP contribution in [-0.2, 0) is 4.79 Å². The summed E-state index contributed by atoms with van der Waals surface area (Å²) in [7, 11) is 0. The average Bonchev–Trinajstić information content (AvgIpc) is 2.37. The predicted octanol–water partition coefficient (Wildman–Crippen LogP) is 3.40. The van der Waals surface area contributed by atoms with Crippen LogP contribution in [0.4, 0.5) is 0 Å². The molecule has 5 aliphatic rings. The molecule has 1 amide bonds. The second-order valence-corrected chi connectivity index (χ2v) is 9.84. The molecule has 4 atom stereocenters. The molecule has 4 bridgehead atoms. The molecule has 22 heavy (non-hydrogen) atoms. The van der Waals surface area contributed by atoms with Crippen molar-refractivity contribution in [3.05, 3.63) is 0 Å². The minimum absolute atomic E-state index is 0.00475. The molecule has 3 heteroatoms. The summed E-state index contributed by atoms with van der Waals surface area (Å²) < 4.78 is 0. The summed E-state index contributed by atoms with van der Waals surface area (Å²) in [4.78, 5) is 13.2. The van der Waals surface area contributed by atoms with Gasteiger partial charge in [-0.05, 0) is 68.1 Å². The van der Waals surface area contributed by atoms with E-state index in [0.29, 0.717) is 10.8 Å². The van der Waals surface area contributed by atoms with Crippen molar-refractivity contribution < 1.29 is 9.90 Å². The summed E-state index contributed by atoms with van der Waals surface area (Å²) in [6.07, 6.45) is 10.9. The highest BCUT2D eigenvalue weighted by molar-refractivity contribution is 5.83. The number of carbonyl (C=O) groups is 1. The fraction of sp³-hybridized carbons (Fsp3) is 0.947. The minimum Gasteiger partial charge on any atom is -0.391 e. The highest BCUT2D eigenvalue weighted by Gasteiger charge is 2.62. The molecule has 0 spiro atoms. The molecule has 5 saturated carbocycles. The zero-order valence-electron chi connectivity index (χ0n) is 14.2. The number of hydrogen-bond acceptors (Lipinski definition) is 2. The molecule has 0 radical (unpaired) electrons. The van der Waals surface area contributed by atoms with Crippen molar-refractivity contribution in [1.82, 2.24) is 5.32 Å². The number of amides is 1. The van der Waals surface area contributed by atoms with E-state index in [9.17, 15) is 9.90 Å². The fourth-order valence-corrected chi connectivity index (χ4v) is 7.30. The van der Waals surface area contributed by atoms with Gasteiger partial charge in [-0.2, -0.15) is 0 Å². The van der Waals surface area contributed by atoms with Crippen LogP contribution in [0.1, 0.15) is 78.1 Å². The molecule has 5 aliphatic carbocycles. The molecule has 5 fully saturated rings. The first-order chi connectivity index (χ1) is 10.3. The van der Waals surface area contributed by atoms with Crippen LogP contribution < -0.4 is 5.32 Å². The molecule has 0 aromatic carbocycles. The molecule has 0 aromatic rings. The second-order valence-electron chi connectivity index (χ2n) is 9.84. The van der Waals surface area contributed by atoms with Crippen LogP contribution in [-0.4, -0.2) is 23.2 Å². The zero-order chi connectivity index (χ0) is 15.6. The molecule has 0 heterocycles. The van der Waals surface area contributed by atoms with E-state index in [1.165, 1.54) is 19.3 Å². The van der Waals surface area contributed by atoms with Crippen LogP contribution in [0, 0.1) is 22.2 Å². The van der Waals surface area contributed by atoms with E-state index in [1.807, 2.05) is 0 Å². The Kier molecular flexibility index (Phi) is 3.21. The molecule has 0 saturated heterocycles. The Bertz CT molecular complexity index is 470. The smallest absolute Gasteiger partial charge is 0.226 e. The van der Waals surface area contributed by atoms with Crippen molar-refractivity contribution in [3.8, 4) is 0 Å². The third kappa shape index (κ3) is 2.31. The lowest BCUT2D eigenvalue weighted by atomic mass is 9.40. The highest BCUT2D eigenvalue weighted by Crippen LogP contribution is 2.69. The van der Waals surface area contributed by atoms with Crippen LogP contribution in [0.15, 0.2) is 0 Å². The Balaban J connectivity index is 1.55. The van der Waals surface area contributed by atoms with Crippen molar-refractivity contribution in [2.45, 2.75) is 90.2 Å². The topological polar surface area (TPSA) is 49.3 Å². The van der Waals surface area contributed by atoms with E-state index in [2.05, 4.69) is 19.2 Å². The van der Waals surface area contributed by atoms with Gasteiger partial charge in [0.15, 0.2) is 0 Å². The summed E-state index contributed by atoms with van der Waals surface area (Å²) in [5.74, 6) is 1.01. The first kappa shape index (κ1) is 15.0. The lowest BCUT2D eigenvalue weighted by molar-refractivity contribution is -0.171. The fourth-order valence-electron chi connectivity index (χ4n) is 7.30. The Hall–Kier alpha value is -0.570. The Morgan fingerprint density at radius 3 is 2.23 bits per heavy atom. The van der Waals surface area contributed by atoms with E-state index < -0.39 is 0 Å². The third-order valence-corrected chi connectivity index (χ3v) is 7.15. The van der Waals surface area contributed by atoms with Crippen molar-refractivity contribution in [2.24, 2.45) is 22.2 Å². The second kappa shape index (κ2) is 4.72. The van der Waals surface area contributed by atoms with Crippen LogP contribution in [0.2, 0.25) is 0 Å². The number of aliphatic hydroxyl groups excluding tert-OH is 1. The van der Waals surface area contributed by atoms with Crippen molar-refractivity contribution in [1.29, 1.82) is 0 Å². The summed E-state index contributed by atoms with van der Waals surface area (Å²) >= 11 is 0. The molecule has 0 aliphatic heterocycles. The lowest BCUT2D eigenvalue weighted by Gasteiger charge is -2.64. The molecule has 2 N–H and O–H groups in total. The van der Waals surface area contributed by atoms with E-state index in [4.69, 9.17) is 0 Å². The van der Waals surface area contributed by atoms with Gasteiger partial charge in [0.2, 0.25) is 5.91 Å². The Morgan fingerprint density at radius 2 is 1.64 bits per heavy atom. The van der Waals surface area contributed by atoms with E-state index >= 15 is 0 Å². The van der Waals surface area contributed by atoms with Gasteiger partial charge in [0.05, 0.1) is 17.6 Å². The van der Waals surface area contributed by atoms with E-state index in [-0.39, 0.29) is 23.5 Å². The van der Waals surface area contributed by atoms with Crippen LogP contribution >= 0.6 is 0 Å². The van der Waals surface area contributed by atoms with Gasteiger partial charge in [-0.1, -0.05) is 26.7 Å². The molecular weight excluding hydrogens is 274 g/mol. The SMILES string of the molecule is C[C@]12CC3CC(C(=O)N[C@H]4CCCC[C@@H]4O)(C1)C[C@](C)(C3)C2. The van der Waals surface area contributed by atoms with Crippen molar-refractivity contribution in [3.63, 3.8) is 0 Å². The zero-order valence-corrected chi connectivity index (χ0v) is 14.2. The molecule has 0 unspecified atom stereocenters. The van der Waals surface area contributed by atoms with Crippen LogP contribution in [0.5, 0.6) is 0 Å². The normalized spacial score (nSPS) is 53.5. The van der Waals surface area contributed by atoms with Gasteiger partial charge in [0, 0.05) is 0 Å². The van der Waals surface area contributed by atoms with E-state index in [1.54, 1.807) is 0 Å². The maximum absolute atomic E-state index is 13.2. The van der Waals surface area contributed by atoms with E-state index in [0.717, 1.165) is 50.9 Å². The summed E-state index contributed by atoms with van der Waals surface area (Å²) in [6.45, 7) is 4.82. The minimum atomic E-state index is -0.335. The van der Waals surface area contributed by atoms with Gasteiger partial charge in [-0.15, -0.1) is 0 Å².